The van der Waals surface area contributed by atoms with E-state index in [0.717, 1.165) is 17.0 Å². The number of methoxy groups -OCH3 is 1. The molecular weight excluding hydrogens is 508 g/mol. The normalized spacial score (nSPS) is 17.1. The zero-order valence-electron chi connectivity index (χ0n) is 22.0. The summed E-state index contributed by atoms with van der Waals surface area (Å²) in [5.41, 5.74) is 3.03. The van der Waals surface area contributed by atoms with Crippen molar-refractivity contribution in [1.29, 1.82) is 0 Å². The first-order chi connectivity index (χ1) is 17.5. The van der Waals surface area contributed by atoms with Gasteiger partial charge >= 0.3 is 0 Å². The monoisotopic (exact) mass is 542 g/mol. The summed E-state index contributed by atoms with van der Waals surface area (Å²) >= 11 is 1.30. The van der Waals surface area contributed by atoms with Crippen LogP contribution in [0.25, 0.3) is 17.1 Å². The van der Waals surface area contributed by atoms with Crippen molar-refractivity contribution < 1.29 is 17.9 Å². The molecule has 2 aromatic carbocycles. The Morgan fingerprint density at radius 3 is 2.32 bits per heavy atom. The molecule has 0 N–H and O–H groups in total. The third-order valence-corrected chi connectivity index (χ3v) is 9.27. The first-order valence-electron chi connectivity index (χ1n) is 12.4. The van der Waals surface area contributed by atoms with E-state index in [9.17, 15) is 13.2 Å². The van der Waals surface area contributed by atoms with Crippen LogP contribution in [0.15, 0.2) is 53.7 Å². The van der Waals surface area contributed by atoms with Crippen LogP contribution in [0.1, 0.15) is 39.7 Å². The molecule has 0 aliphatic carbocycles. The molecule has 1 atom stereocenters. The SMILES string of the molecule is CCN(C(=O)CSc1nnc(-c2ccc(C(C)(C)C)cc2)n1-c1ccc(OC)cc1)[C@@H]1CCS(=O)(=O)C1. The Kier molecular flexibility index (Phi) is 7.99. The molecule has 2 heterocycles. The summed E-state index contributed by atoms with van der Waals surface area (Å²) < 4.78 is 31.2. The molecule has 1 aliphatic heterocycles. The number of hydrogen-bond donors (Lipinski definition) is 0. The second-order valence-corrected chi connectivity index (χ2v) is 13.4. The standard InChI is InChI=1S/C27H34N4O4S2/c1-6-30(22-15-16-37(33,34)18-22)24(32)17-36-26-29-28-25(19-7-9-20(10-8-19)27(2,3)4)31(26)21-11-13-23(35-5)14-12-21/h7-14,22H,6,15-18H2,1-5H3/t22-/m1/s1. The Balaban J connectivity index is 1.63. The summed E-state index contributed by atoms with van der Waals surface area (Å²) in [7, 11) is -1.45. The zero-order valence-corrected chi connectivity index (χ0v) is 23.6. The van der Waals surface area contributed by atoms with E-state index < -0.39 is 9.84 Å². The van der Waals surface area contributed by atoms with E-state index in [1.54, 1.807) is 12.0 Å². The third-order valence-electron chi connectivity index (χ3n) is 6.61. The molecule has 1 aromatic heterocycles. The number of thioether (sulfide) groups is 1. The lowest BCUT2D eigenvalue weighted by Crippen LogP contribution is -2.42. The maximum absolute atomic E-state index is 13.1. The molecule has 1 saturated heterocycles. The van der Waals surface area contributed by atoms with Gasteiger partial charge in [0, 0.05) is 23.8 Å². The molecule has 4 rings (SSSR count). The molecule has 0 unspecified atom stereocenters. The highest BCUT2D eigenvalue weighted by Crippen LogP contribution is 2.31. The van der Waals surface area contributed by atoms with Gasteiger partial charge in [-0.1, -0.05) is 56.8 Å². The Morgan fingerprint density at radius 1 is 1.11 bits per heavy atom. The van der Waals surface area contributed by atoms with Crippen molar-refractivity contribution in [2.24, 2.45) is 0 Å². The van der Waals surface area contributed by atoms with Crippen molar-refractivity contribution in [3.05, 3.63) is 54.1 Å². The van der Waals surface area contributed by atoms with Gasteiger partial charge in [0.25, 0.3) is 0 Å². The molecule has 0 bridgehead atoms. The van der Waals surface area contributed by atoms with Gasteiger partial charge in [0.2, 0.25) is 5.91 Å². The Hall–Kier alpha value is -2.85. The summed E-state index contributed by atoms with van der Waals surface area (Å²) in [6, 6.07) is 15.7. The van der Waals surface area contributed by atoms with Crippen LogP contribution in [0.3, 0.4) is 0 Å². The van der Waals surface area contributed by atoms with Gasteiger partial charge in [-0.25, -0.2) is 8.42 Å². The summed E-state index contributed by atoms with van der Waals surface area (Å²) in [4.78, 5) is 14.8. The number of hydrogen-bond acceptors (Lipinski definition) is 7. The number of rotatable bonds is 8. The molecule has 37 heavy (non-hydrogen) atoms. The predicted molar refractivity (Wildman–Crippen MR) is 147 cm³/mol. The van der Waals surface area contributed by atoms with Crippen LogP contribution < -0.4 is 4.74 Å². The van der Waals surface area contributed by atoms with Crippen molar-refractivity contribution in [1.82, 2.24) is 19.7 Å². The minimum absolute atomic E-state index is 0.0351. The minimum Gasteiger partial charge on any atom is -0.497 e. The number of carbonyl (C=O) groups excluding carboxylic acids is 1. The average molecular weight is 543 g/mol. The first-order valence-corrected chi connectivity index (χ1v) is 15.2. The third kappa shape index (κ3) is 6.18. The Morgan fingerprint density at radius 2 is 1.78 bits per heavy atom. The number of benzene rings is 2. The molecule has 10 heteroatoms. The fourth-order valence-electron chi connectivity index (χ4n) is 4.50. The van der Waals surface area contributed by atoms with E-state index in [0.29, 0.717) is 23.9 Å². The molecule has 1 fully saturated rings. The fraction of sp³-hybridized carbons (Fsp3) is 0.444. The van der Waals surface area contributed by atoms with Gasteiger partial charge in [-0.3, -0.25) is 9.36 Å². The number of amides is 1. The van der Waals surface area contributed by atoms with Crippen molar-refractivity contribution in [2.45, 2.75) is 50.7 Å². The van der Waals surface area contributed by atoms with Gasteiger partial charge in [-0.15, -0.1) is 10.2 Å². The van der Waals surface area contributed by atoms with E-state index in [2.05, 4.69) is 43.1 Å². The van der Waals surface area contributed by atoms with Crippen molar-refractivity contribution >= 4 is 27.5 Å². The quantitative estimate of drug-likeness (QED) is 0.390. The molecule has 198 valence electrons. The van der Waals surface area contributed by atoms with Crippen molar-refractivity contribution in [3.8, 4) is 22.8 Å². The zero-order chi connectivity index (χ0) is 26.8. The summed E-state index contributed by atoms with van der Waals surface area (Å²) in [6.07, 6.45) is 0.489. The number of nitrogens with zero attached hydrogens (tertiary/aromatic N) is 4. The maximum atomic E-state index is 13.1. The van der Waals surface area contributed by atoms with Gasteiger partial charge in [0.1, 0.15) is 5.75 Å². The largest absolute Gasteiger partial charge is 0.497 e. The van der Waals surface area contributed by atoms with Crippen LogP contribution in [0, 0.1) is 0 Å². The molecule has 1 aliphatic rings. The second-order valence-electron chi connectivity index (χ2n) is 10.2. The molecular formula is C27H34N4O4S2. The van der Waals surface area contributed by atoms with E-state index >= 15 is 0 Å². The van der Waals surface area contributed by atoms with Crippen molar-refractivity contribution in [3.63, 3.8) is 0 Å². The highest BCUT2D eigenvalue weighted by molar-refractivity contribution is 7.99. The highest BCUT2D eigenvalue weighted by Gasteiger charge is 2.34. The van der Waals surface area contributed by atoms with E-state index in [4.69, 9.17) is 4.74 Å². The first kappa shape index (κ1) is 27.2. The molecule has 1 amide bonds. The van der Waals surface area contributed by atoms with E-state index in [1.165, 1.54) is 17.3 Å². The number of sulfone groups is 1. The predicted octanol–water partition coefficient (Wildman–Crippen LogP) is 4.37. The Labute approximate surface area is 223 Å². The van der Waals surface area contributed by atoms with Crippen LogP contribution in [0.5, 0.6) is 5.75 Å². The van der Waals surface area contributed by atoms with Gasteiger partial charge in [-0.05, 0) is 48.6 Å². The molecule has 0 saturated carbocycles. The van der Waals surface area contributed by atoms with Gasteiger partial charge in [-0.2, -0.15) is 0 Å². The Bertz CT molecular complexity index is 1340. The molecule has 0 spiro atoms. The topological polar surface area (TPSA) is 94.4 Å². The van der Waals surface area contributed by atoms with Crippen molar-refractivity contribution in [2.75, 3.05) is 30.9 Å². The minimum atomic E-state index is -3.08. The van der Waals surface area contributed by atoms with Crippen LogP contribution in [-0.2, 0) is 20.0 Å². The summed E-state index contributed by atoms with van der Waals surface area (Å²) in [5.74, 6) is 1.63. The number of ether oxygens (including phenoxy) is 1. The lowest BCUT2D eigenvalue weighted by molar-refractivity contribution is -0.129. The van der Waals surface area contributed by atoms with E-state index in [-0.39, 0.29) is 34.6 Å². The second kappa shape index (κ2) is 10.9. The molecule has 3 aromatic rings. The van der Waals surface area contributed by atoms with Crippen LogP contribution in [-0.4, -0.2) is 70.9 Å². The number of aromatic nitrogens is 3. The highest BCUT2D eigenvalue weighted by atomic mass is 32.2. The van der Waals surface area contributed by atoms with Crippen LogP contribution >= 0.6 is 11.8 Å². The lowest BCUT2D eigenvalue weighted by atomic mass is 9.87. The smallest absolute Gasteiger partial charge is 0.233 e. The number of carbonyl (C=O) groups is 1. The van der Waals surface area contributed by atoms with Crippen LogP contribution in [0.4, 0.5) is 0 Å². The summed E-state index contributed by atoms with van der Waals surface area (Å²) in [6.45, 7) is 8.87. The summed E-state index contributed by atoms with van der Waals surface area (Å²) in [5, 5.41) is 9.52. The van der Waals surface area contributed by atoms with Crippen LogP contribution in [0.2, 0.25) is 0 Å². The molecule has 0 radical (unpaired) electrons. The van der Waals surface area contributed by atoms with Gasteiger partial charge in [0.05, 0.1) is 24.4 Å². The van der Waals surface area contributed by atoms with Gasteiger partial charge in [0.15, 0.2) is 20.8 Å². The van der Waals surface area contributed by atoms with E-state index in [1.807, 2.05) is 47.9 Å². The lowest BCUT2D eigenvalue weighted by Gasteiger charge is -2.26. The van der Waals surface area contributed by atoms with Gasteiger partial charge < -0.3 is 9.64 Å². The maximum Gasteiger partial charge on any atom is 0.233 e. The molecule has 8 nitrogen and oxygen atoms in total. The average Bonchev–Trinajstić information content (AvgIpc) is 3.45. The fourth-order valence-corrected chi connectivity index (χ4v) is 7.07.